The Morgan fingerprint density at radius 2 is 1.79 bits per heavy atom. The van der Waals surface area contributed by atoms with Gasteiger partial charge in [-0.05, 0) is 49.2 Å². The van der Waals surface area contributed by atoms with Gasteiger partial charge in [0, 0.05) is 29.9 Å². The molecule has 1 aromatic heterocycles. The Morgan fingerprint density at radius 3 is 2.54 bits per heavy atom. The lowest BCUT2D eigenvalue weighted by atomic mass is 10.1. The van der Waals surface area contributed by atoms with E-state index in [-0.39, 0.29) is 0 Å². The van der Waals surface area contributed by atoms with Gasteiger partial charge in [-0.3, -0.25) is 4.79 Å². The van der Waals surface area contributed by atoms with Gasteiger partial charge in [0.15, 0.2) is 11.5 Å². The van der Waals surface area contributed by atoms with Gasteiger partial charge < -0.3 is 19.8 Å². The lowest BCUT2D eigenvalue weighted by Crippen LogP contribution is -2.13. The predicted octanol–water partition coefficient (Wildman–Crippen LogP) is 4.08. The van der Waals surface area contributed by atoms with Crippen molar-refractivity contribution in [2.24, 2.45) is 5.73 Å². The van der Waals surface area contributed by atoms with Crippen LogP contribution in [0.3, 0.4) is 0 Å². The summed E-state index contributed by atoms with van der Waals surface area (Å²) in [4.78, 5) is 12.0. The number of carbonyl (C=O) groups is 1. The molecule has 5 nitrogen and oxygen atoms in total. The van der Waals surface area contributed by atoms with Crippen LogP contribution >= 0.6 is 0 Å². The van der Waals surface area contributed by atoms with Crippen molar-refractivity contribution < 1.29 is 14.3 Å². The second kappa shape index (κ2) is 7.43. The molecule has 0 aliphatic carbocycles. The molecule has 0 atom stereocenters. The molecule has 0 spiro atoms. The molecule has 4 rings (SSSR count). The highest BCUT2D eigenvalue weighted by atomic mass is 16.5. The second-order valence-electron chi connectivity index (χ2n) is 7.12. The van der Waals surface area contributed by atoms with Crippen LogP contribution in [0.2, 0.25) is 0 Å². The van der Waals surface area contributed by atoms with Crippen molar-refractivity contribution in [1.82, 2.24) is 4.57 Å². The number of carbonyl (C=O) groups excluding carboxylic acids is 1. The van der Waals surface area contributed by atoms with Crippen LogP contribution in [0.25, 0.3) is 11.3 Å². The zero-order valence-corrected chi connectivity index (χ0v) is 16.2. The van der Waals surface area contributed by atoms with Gasteiger partial charge in [0.1, 0.15) is 0 Å². The maximum Gasteiger partial charge on any atom is 0.250 e. The largest absolute Gasteiger partial charge is 0.490 e. The van der Waals surface area contributed by atoms with Gasteiger partial charge in [-0.15, -0.1) is 0 Å². The van der Waals surface area contributed by atoms with Crippen molar-refractivity contribution in [2.75, 3.05) is 13.2 Å². The Kier molecular flexibility index (Phi) is 4.82. The van der Waals surface area contributed by atoms with Crippen molar-refractivity contribution in [2.45, 2.75) is 26.8 Å². The van der Waals surface area contributed by atoms with Crippen LogP contribution in [0.4, 0.5) is 0 Å². The first kappa shape index (κ1) is 18.2. The summed E-state index contributed by atoms with van der Waals surface area (Å²) in [5.74, 6) is 1.07. The minimum absolute atomic E-state index is 0.420. The molecule has 0 bridgehead atoms. The van der Waals surface area contributed by atoms with Crippen molar-refractivity contribution in [3.8, 4) is 22.8 Å². The van der Waals surface area contributed by atoms with Gasteiger partial charge in [-0.2, -0.15) is 0 Å². The third kappa shape index (κ3) is 3.36. The van der Waals surface area contributed by atoms with E-state index in [2.05, 4.69) is 23.6 Å². The molecular weight excluding hydrogens is 352 g/mol. The number of fused-ring (bicyclic) bond motifs is 1. The average Bonchev–Trinajstić information content (AvgIpc) is 2.86. The van der Waals surface area contributed by atoms with Crippen molar-refractivity contribution in [3.63, 3.8) is 0 Å². The standard InChI is InChI=1S/C23H24N2O3/c1-15-6-3-4-7-18(15)14-25-16(2)19(23(24)26)13-20(25)17-8-9-21-22(12-17)28-11-5-10-27-21/h3-4,6-9,12-13H,5,10-11,14H2,1-2H3,(H2,24,26). The topological polar surface area (TPSA) is 66.5 Å². The first-order valence-corrected chi connectivity index (χ1v) is 9.49. The van der Waals surface area contributed by atoms with Crippen molar-refractivity contribution >= 4 is 5.91 Å². The smallest absolute Gasteiger partial charge is 0.250 e. The van der Waals surface area contributed by atoms with E-state index < -0.39 is 5.91 Å². The number of rotatable bonds is 4. The number of aromatic nitrogens is 1. The van der Waals surface area contributed by atoms with Crippen LogP contribution in [-0.4, -0.2) is 23.7 Å². The summed E-state index contributed by atoms with van der Waals surface area (Å²) < 4.78 is 13.7. The van der Waals surface area contributed by atoms with Crippen LogP contribution in [0, 0.1) is 13.8 Å². The zero-order valence-electron chi connectivity index (χ0n) is 16.2. The Morgan fingerprint density at radius 1 is 1.04 bits per heavy atom. The fraction of sp³-hybridized carbons (Fsp3) is 0.261. The van der Waals surface area contributed by atoms with E-state index in [4.69, 9.17) is 15.2 Å². The number of primary amides is 1. The Labute approximate surface area is 164 Å². The Bertz CT molecular complexity index is 1040. The summed E-state index contributed by atoms with van der Waals surface area (Å²) in [6.07, 6.45) is 0.860. The quantitative estimate of drug-likeness (QED) is 0.746. The van der Waals surface area contributed by atoms with Gasteiger partial charge in [0.05, 0.1) is 18.8 Å². The molecule has 1 aliphatic rings. The molecule has 1 amide bonds. The van der Waals surface area contributed by atoms with Crippen LogP contribution in [0.5, 0.6) is 11.5 Å². The number of aryl methyl sites for hydroxylation is 1. The first-order chi connectivity index (χ1) is 13.5. The lowest BCUT2D eigenvalue weighted by Gasteiger charge is -2.15. The van der Waals surface area contributed by atoms with Gasteiger partial charge in [-0.1, -0.05) is 24.3 Å². The molecule has 144 valence electrons. The second-order valence-corrected chi connectivity index (χ2v) is 7.12. The summed E-state index contributed by atoms with van der Waals surface area (Å²) in [6.45, 7) is 5.98. The SMILES string of the molecule is Cc1ccccc1Cn1c(-c2ccc3c(c2)OCCCO3)cc(C(N)=O)c1C. The highest BCUT2D eigenvalue weighted by Gasteiger charge is 2.19. The number of ether oxygens (including phenoxy) is 2. The molecule has 0 fully saturated rings. The minimum Gasteiger partial charge on any atom is -0.490 e. The fourth-order valence-electron chi connectivity index (χ4n) is 3.62. The molecule has 3 aromatic rings. The molecule has 28 heavy (non-hydrogen) atoms. The molecule has 5 heteroatoms. The third-order valence-corrected chi connectivity index (χ3v) is 5.26. The molecule has 0 saturated heterocycles. The highest BCUT2D eigenvalue weighted by Crippen LogP contribution is 2.36. The number of nitrogens with zero attached hydrogens (tertiary/aromatic N) is 1. The molecule has 1 aliphatic heterocycles. The molecule has 2 heterocycles. The van der Waals surface area contributed by atoms with Crippen LogP contribution in [0.15, 0.2) is 48.5 Å². The highest BCUT2D eigenvalue weighted by molar-refractivity contribution is 5.95. The van der Waals surface area contributed by atoms with E-state index in [9.17, 15) is 4.79 Å². The van der Waals surface area contributed by atoms with E-state index in [0.29, 0.717) is 25.3 Å². The van der Waals surface area contributed by atoms with E-state index in [1.54, 1.807) is 0 Å². The lowest BCUT2D eigenvalue weighted by molar-refractivity contribution is 0.0999. The number of benzene rings is 2. The molecule has 0 unspecified atom stereocenters. The monoisotopic (exact) mass is 376 g/mol. The van der Waals surface area contributed by atoms with E-state index >= 15 is 0 Å². The van der Waals surface area contributed by atoms with E-state index in [1.165, 1.54) is 11.1 Å². The maximum atomic E-state index is 12.0. The first-order valence-electron chi connectivity index (χ1n) is 9.49. The van der Waals surface area contributed by atoms with Crippen molar-refractivity contribution in [1.29, 1.82) is 0 Å². The van der Waals surface area contributed by atoms with Crippen LogP contribution in [-0.2, 0) is 6.54 Å². The molecule has 0 radical (unpaired) electrons. The zero-order chi connectivity index (χ0) is 19.7. The molecule has 2 N–H and O–H groups in total. The fourth-order valence-corrected chi connectivity index (χ4v) is 3.62. The normalized spacial score (nSPS) is 13.2. The molecule has 0 saturated carbocycles. The number of nitrogens with two attached hydrogens (primary N) is 1. The Hall–Kier alpha value is -3.21. The molecular formula is C23H24N2O3. The minimum atomic E-state index is -0.420. The summed E-state index contributed by atoms with van der Waals surface area (Å²) in [5.41, 5.74) is 11.3. The number of hydrogen-bond acceptors (Lipinski definition) is 3. The summed E-state index contributed by atoms with van der Waals surface area (Å²) in [7, 11) is 0. The van der Waals surface area contributed by atoms with Crippen LogP contribution in [0.1, 0.15) is 33.6 Å². The predicted molar refractivity (Wildman–Crippen MR) is 109 cm³/mol. The van der Waals surface area contributed by atoms with Gasteiger partial charge in [0.25, 0.3) is 5.91 Å². The summed E-state index contributed by atoms with van der Waals surface area (Å²) >= 11 is 0. The van der Waals surface area contributed by atoms with Crippen molar-refractivity contribution in [3.05, 3.63) is 70.9 Å². The van der Waals surface area contributed by atoms with Gasteiger partial charge >= 0.3 is 0 Å². The summed E-state index contributed by atoms with van der Waals surface area (Å²) in [6, 6.07) is 16.0. The van der Waals surface area contributed by atoms with E-state index in [1.807, 2.05) is 43.3 Å². The Balaban J connectivity index is 1.82. The number of amides is 1. The van der Waals surface area contributed by atoms with Gasteiger partial charge in [-0.25, -0.2) is 0 Å². The third-order valence-electron chi connectivity index (χ3n) is 5.26. The average molecular weight is 376 g/mol. The molecule has 2 aromatic carbocycles. The van der Waals surface area contributed by atoms with Crippen LogP contribution < -0.4 is 15.2 Å². The summed E-state index contributed by atoms with van der Waals surface area (Å²) in [5, 5.41) is 0. The number of hydrogen-bond donors (Lipinski definition) is 1. The van der Waals surface area contributed by atoms with Gasteiger partial charge in [0.2, 0.25) is 0 Å². The van der Waals surface area contributed by atoms with E-state index in [0.717, 1.165) is 34.9 Å². The maximum absolute atomic E-state index is 12.0.